The maximum absolute atomic E-state index is 13.4. The Morgan fingerprint density at radius 1 is 1.06 bits per heavy atom. The van der Waals surface area contributed by atoms with Crippen molar-refractivity contribution in [3.63, 3.8) is 0 Å². The summed E-state index contributed by atoms with van der Waals surface area (Å²) in [6.45, 7) is 4.96. The van der Waals surface area contributed by atoms with E-state index in [0.717, 1.165) is 17.0 Å². The smallest absolute Gasteiger partial charge is 0.244 e. The number of benzene rings is 2. The Bertz CT molecular complexity index is 1080. The van der Waals surface area contributed by atoms with Gasteiger partial charge in [0, 0.05) is 22.6 Å². The van der Waals surface area contributed by atoms with Crippen LogP contribution in [0.5, 0.6) is 0 Å². The van der Waals surface area contributed by atoms with Gasteiger partial charge in [-0.2, -0.15) is 0 Å². The molecule has 0 unspecified atom stereocenters. The van der Waals surface area contributed by atoms with Crippen LogP contribution in [0.4, 0.5) is 5.69 Å². The number of sulfonamides is 1. The van der Waals surface area contributed by atoms with Gasteiger partial charge in [0.2, 0.25) is 21.8 Å². The van der Waals surface area contributed by atoms with Gasteiger partial charge in [0.25, 0.3) is 0 Å². The van der Waals surface area contributed by atoms with Gasteiger partial charge in [0.05, 0.1) is 11.9 Å². The van der Waals surface area contributed by atoms with E-state index in [1.165, 1.54) is 4.90 Å². The molecule has 0 saturated carbocycles. The van der Waals surface area contributed by atoms with Crippen molar-refractivity contribution in [2.75, 3.05) is 17.1 Å². The summed E-state index contributed by atoms with van der Waals surface area (Å²) in [6.07, 6.45) is 1.76. The van der Waals surface area contributed by atoms with Crippen LogP contribution in [0.2, 0.25) is 10.0 Å². The van der Waals surface area contributed by atoms with Crippen molar-refractivity contribution in [3.05, 3.63) is 64.1 Å². The van der Waals surface area contributed by atoms with Crippen LogP contribution in [0.1, 0.15) is 32.8 Å². The number of carbonyl (C=O) groups is 2. The second kappa shape index (κ2) is 11.7. The molecule has 1 N–H and O–H groups in total. The maximum Gasteiger partial charge on any atom is 0.244 e. The van der Waals surface area contributed by atoms with Crippen molar-refractivity contribution in [1.29, 1.82) is 0 Å². The second-order valence-electron chi connectivity index (χ2n) is 7.86. The molecule has 2 aromatic carbocycles. The minimum Gasteiger partial charge on any atom is -0.352 e. The number of nitrogens with zero attached hydrogens (tertiary/aromatic N) is 2. The van der Waals surface area contributed by atoms with E-state index in [-0.39, 0.29) is 18.5 Å². The molecule has 2 rings (SSSR count). The highest BCUT2D eigenvalue weighted by Gasteiger charge is 2.30. The van der Waals surface area contributed by atoms with Gasteiger partial charge in [-0.25, -0.2) is 8.42 Å². The minimum absolute atomic E-state index is 0.0102. The first-order valence-electron chi connectivity index (χ1n) is 10.5. The molecule has 33 heavy (non-hydrogen) atoms. The Balaban J connectivity index is 2.39. The third-order valence-electron chi connectivity index (χ3n) is 5.25. The molecule has 0 spiro atoms. The lowest BCUT2D eigenvalue weighted by Crippen LogP contribution is -2.52. The monoisotopic (exact) mass is 513 g/mol. The fourth-order valence-corrected chi connectivity index (χ4v) is 4.41. The van der Waals surface area contributed by atoms with Crippen LogP contribution in [0.15, 0.2) is 48.5 Å². The number of anilines is 1. The Hall–Kier alpha value is -2.29. The summed E-state index contributed by atoms with van der Waals surface area (Å²) in [4.78, 5) is 27.6. The van der Waals surface area contributed by atoms with E-state index in [2.05, 4.69) is 5.32 Å². The van der Waals surface area contributed by atoms with Crippen molar-refractivity contribution >= 4 is 50.7 Å². The fraction of sp³-hybridized carbons (Fsp3) is 0.391. The summed E-state index contributed by atoms with van der Waals surface area (Å²) in [6, 6.07) is 12.3. The molecular weight excluding hydrogens is 485 g/mol. The van der Waals surface area contributed by atoms with Crippen molar-refractivity contribution in [1.82, 2.24) is 10.2 Å². The topological polar surface area (TPSA) is 86.8 Å². The minimum atomic E-state index is -3.76. The summed E-state index contributed by atoms with van der Waals surface area (Å²) in [7, 11) is -3.76. The van der Waals surface area contributed by atoms with E-state index in [9.17, 15) is 18.0 Å². The Morgan fingerprint density at radius 2 is 1.70 bits per heavy atom. The molecule has 0 fully saturated rings. The third-order valence-corrected chi connectivity index (χ3v) is 6.98. The molecule has 2 atom stereocenters. The fourth-order valence-electron chi connectivity index (χ4n) is 3.09. The number of nitrogens with one attached hydrogen (secondary N) is 1. The average Bonchev–Trinajstić information content (AvgIpc) is 2.76. The predicted molar refractivity (Wildman–Crippen MR) is 133 cm³/mol. The zero-order valence-corrected chi connectivity index (χ0v) is 21.4. The number of amides is 2. The normalized spacial score (nSPS) is 13.2. The molecule has 180 valence electrons. The highest BCUT2D eigenvalue weighted by Crippen LogP contribution is 2.24. The Kier molecular flexibility index (Phi) is 9.57. The highest BCUT2D eigenvalue weighted by molar-refractivity contribution is 7.92. The molecule has 0 aliphatic heterocycles. The van der Waals surface area contributed by atoms with Crippen molar-refractivity contribution in [2.45, 2.75) is 45.8 Å². The van der Waals surface area contributed by atoms with Crippen LogP contribution >= 0.6 is 23.2 Å². The summed E-state index contributed by atoms with van der Waals surface area (Å²) in [5.41, 5.74) is 0.942. The van der Waals surface area contributed by atoms with Crippen LogP contribution in [-0.4, -0.2) is 50.0 Å². The number of hydrogen-bond donors (Lipinski definition) is 1. The third kappa shape index (κ3) is 7.62. The first kappa shape index (κ1) is 27.0. The first-order chi connectivity index (χ1) is 15.4. The van der Waals surface area contributed by atoms with E-state index in [1.54, 1.807) is 55.5 Å². The van der Waals surface area contributed by atoms with Crippen LogP contribution < -0.4 is 9.62 Å². The van der Waals surface area contributed by atoms with Crippen molar-refractivity contribution in [3.8, 4) is 0 Å². The number of para-hydroxylation sites is 1. The highest BCUT2D eigenvalue weighted by atomic mass is 35.5. The van der Waals surface area contributed by atoms with Gasteiger partial charge < -0.3 is 10.2 Å². The molecule has 0 saturated heterocycles. The molecule has 0 aliphatic rings. The second-order valence-corrected chi connectivity index (χ2v) is 10.6. The SMILES string of the molecule is CC[C@@H](C)NC(=O)[C@H](C)N(Cc1ccc(Cl)cc1Cl)C(=O)CN(c1ccccc1)S(C)(=O)=O. The van der Waals surface area contributed by atoms with E-state index >= 15 is 0 Å². The molecule has 0 bridgehead atoms. The van der Waals surface area contributed by atoms with Crippen molar-refractivity contribution < 1.29 is 18.0 Å². The van der Waals surface area contributed by atoms with Crippen LogP contribution in [0.25, 0.3) is 0 Å². The van der Waals surface area contributed by atoms with Gasteiger partial charge in [0.1, 0.15) is 12.6 Å². The first-order valence-corrected chi connectivity index (χ1v) is 13.1. The van der Waals surface area contributed by atoms with Gasteiger partial charge >= 0.3 is 0 Å². The Labute approximate surface area is 205 Å². The molecule has 2 aromatic rings. The zero-order chi connectivity index (χ0) is 24.8. The van der Waals surface area contributed by atoms with Gasteiger partial charge in [-0.1, -0.05) is 54.4 Å². The number of halogens is 2. The summed E-state index contributed by atoms with van der Waals surface area (Å²) in [5, 5.41) is 3.66. The maximum atomic E-state index is 13.4. The quantitative estimate of drug-likeness (QED) is 0.518. The van der Waals surface area contributed by atoms with E-state index in [0.29, 0.717) is 21.3 Å². The average molecular weight is 514 g/mol. The van der Waals surface area contributed by atoms with E-state index < -0.39 is 28.5 Å². The van der Waals surface area contributed by atoms with E-state index in [1.807, 2.05) is 13.8 Å². The van der Waals surface area contributed by atoms with Gasteiger partial charge in [-0.05, 0) is 50.1 Å². The predicted octanol–water partition coefficient (Wildman–Crippen LogP) is 4.09. The van der Waals surface area contributed by atoms with E-state index in [4.69, 9.17) is 23.2 Å². The summed E-state index contributed by atoms with van der Waals surface area (Å²) < 4.78 is 26.0. The summed E-state index contributed by atoms with van der Waals surface area (Å²) >= 11 is 12.3. The number of hydrogen-bond acceptors (Lipinski definition) is 4. The van der Waals surface area contributed by atoms with Gasteiger partial charge in [0.15, 0.2) is 0 Å². The molecule has 0 aromatic heterocycles. The lowest BCUT2D eigenvalue weighted by Gasteiger charge is -2.32. The molecule has 10 heteroatoms. The molecule has 0 radical (unpaired) electrons. The van der Waals surface area contributed by atoms with Crippen molar-refractivity contribution in [2.24, 2.45) is 0 Å². The van der Waals surface area contributed by atoms with Gasteiger partial charge in [-0.15, -0.1) is 0 Å². The number of rotatable bonds is 10. The Morgan fingerprint density at radius 3 is 2.24 bits per heavy atom. The lowest BCUT2D eigenvalue weighted by molar-refractivity contribution is -0.139. The molecule has 7 nitrogen and oxygen atoms in total. The lowest BCUT2D eigenvalue weighted by atomic mass is 10.1. The molecule has 0 heterocycles. The van der Waals surface area contributed by atoms with Crippen LogP contribution in [-0.2, 0) is 26.2 Å². The molecular formula is C23H29Cl2N3O4S. The largest absolute Gasteiger partial charge is 0.352 e. The van der Waals surface area contributed by atoms with Gasteiger partial charge in [-0.3, -0.25) is 13.9 Å². The van der Waals surface area contributed by atoms with Crippen LogP contribution in [0, 0.1) is 0 Å². The standard InChI is InChI=1S/C23H29Cl2N3O4S/c1-5-16(2)26-23(30)17(3)27(14-18-11-12-19(24)13-21(18)25)22(29)15-28(33(4,31)32)20-9-7-6-8-10-20/h6-13,16-17H,5,14-15H2,1-4H3,(H,26,30)/t16-,17+/m1/s1. The summed E-state index contributed by atoms with van der Waals surface area (Å²) in [5.74, 6) is -0.879. The zero-order valence-electron chi connectivity index (χ0n) is 19.1. The molecule has 2 amide bonds. The number of carbonyl (C=O) groups excluding carboxylic acids is 2. The molecule has 0 aliphatic carbocycles. The van der Waals surface area contributed by atoms with Crippen LogP contribution in [0.3, 0.4) is 0 Å².